The molecular formula is C21H17BrFN3O3. The smallest absolute Gasteiger partial charge is 0.335 e. The summed E-state index contributed by atoms with van der Waals surface area (Å²) >= 11 is 3.30. The minimum Gasteiger partial charge on any atom is -0.369 e. The number of rotatable bonds is 3. The first-order chi connectivity index (χ1) is 13.9. The van der Waals surface area contributed by atoms with Crippen molar-refractivity contribution in [3.63, 3.8) is 0 Å². The number of nitrogens with one attached hydrogen (secondary N) is 1. The van der Waals surface area contributed by atoms with Gasteiger partial charge in [0.1, 0.15) is 11.4 Å². The van der Waals surface area contributed by atoms with E-state index in [9.17, 15) is 18.8 Å². The minimum atomic E-state index is -0.828. The largest absolute Gasteiger partial charge is 0.369 e. The van der Waals surface area contributed by atoms with Gasteiger partial charge in [-0.15, -0.1) is 0 Å². The van der Waals surface area contributed by atoms with Crippen LogP contribution >= 0.6 is 15.9 Å². The zero-order valence-corrected chi connectivity index (χ0v) is 16.9. The minimum absolute atomic E-state index is 0.238. The van der Waals surface area contributed by atoms with Crippen LogP contribution in [-0.4, -0.2) is 30.9 Å². The molecule has 4 rings (SSSR count). The first-order valence-electron chi connectivity index (χ1n) is 9.15. The maximum Gasteiger partial charge on any atom is 0.335 e. The van der Waals surface area contributed by atoms with E-state index in [1.54, 1.807) is 36.4 Å². The van der Waals surface area contributed by atoms with E-state index < -0.39 is 23.7 Å². The van der Waals surface area contributed by atoms with E-state index in [4.69, 9.17) is 0 Å². The second kappa shape index (κ2) is 7.79. The van der Waals surface area contributed by atoms with Gasteiger partial charge in [-0.05, 0) is 54.8 Å². The van der Waals surface area contributed by atoms with Crippen molar-refractivity contribution in [3.8, 4) is 0 Å². The molecule has 0 atom stereocenters. The summed E-state index contributed by atoms with van der Waals surface area (Å²) in [7, 11) is 0. The van der Waals surface area contributed by atoms with Crippen LogP contribution in [0.3, 0.4) is 0 Å². The highest BCUT2D eigenvalue weighted by atomic mass is 79.9. The number of nitrogens with zero attached hydrogens (tertiary/aromatic N) is 2. The number of hydrogen-bond acceptors (Lipinski definition) is 4. The number of imide groups is 2. The van der Waals surface area contributed by atoms with Crippen molar-refractivity contribution < 1.29 is 18.8 Å². The van der Waals surface area contributed by atoms with Crippen LogP contribution in [0.1, 0.15) is 18.4 Å². The number of halogens is 2. The summed E-state index contributed by atoms with van der Waals surface area (Å²) in [5, 5.41) is 2.16. The van der Waals surface area contributed by atoms with E-state index in [1.807, 2.05) is 4.90 Å². The monoisotopic (exact) mass is 457 g/mol. The van der Waals surface area contributed by atoms with Gasteiger partial charge in [0.15, 0.2) is 0 Å². The van der Waals surface area contributed by atoms with Crippen molar-refractivity contribution in [2.75, 3.05) is 22.9 Å². The highest BCUT2D eigenvalue weighted by molar-refractivity contribution is 9.10. The number of barbiturate groups is 1. The van der Waals surface area contributed by atoms with Gasteiger partial charge in [-0.3, -0.25) is 14.9 Å². The molecule has 0 bridgehead atoms. The van der Waals surface area contributed by atoms with Gasteiger partial charge in [0, 0.05) is 17.6 Å². The van der Waals surface area contributed by atoms with Gasteiger partial charge in [0.05, 0.1) is 11.4 Å². The van der Waals surface area contributed by atoms with Gasteiger partial charge in [0.2, 0.25) is 0 Å². The fourth-order valence-electron chi connectivity index (χ4n) is 3.50. The summed E-state index contributed by atoms with van der Waals surface area (Å²) in [4.78, 5) is 40.2. The first kappa shape index (κ1) is 19.3. The Morgan fingerprint density at radius 1 is 1.03 bits per heavy atom. The Morgan fingerprint density at radius 3 is 2.48 bits per heavy atom. The summed E-state index contributed by atoms with van der Waals surface area (Å²) in [5.74, 6) is -1.99. The molecular weight excluding hydrogens is 441 g/mol. The lowest BCUT2D eigenvalue weighted by atomic mass is 10.1. The van der Waals surface area contributed by atoms with Gasteiger partial charge in [-0.2, -0.15) is 0 Å². The van der Waals surface area contributed by atoms with Crippen LogP contribution in [0.25, 0.3) is 6.08 Å². The molecule has 148 valence electrons. The Labute approximate surface area is 175 Å². The SMILES string of the molecule is O=C1NC(=O)N(c2cccc(Br)c2)C(=O)/C1=C/c1ccc(N2CCCC2)c(F)c1. The molecule has 0 aliphatic carbocycles. The van der Waals surface area contributed by atoms with Crippen LogP contribution in [0.5, 0.6) is 0 Å². The van der Waals surface area contributed by atoms with Gasteiger partial charge >= 0.3 is 6.03 Å². The van der Waals surface area contributed by atoms with Crippen molar-refractivity contribution >= 4 is 51.2 Å². The Balaban J connectivity index is 1.67. The highest BCUT2D eigenvalue weighted by Gasteiger charge is 2.36. The molecule has 0 aromatic heterocycles. The molecule has 0 saturated carbocycles. The molecule has 6 nitrogen and oxygen atoms in total. The van der Waals surface area contributed by atoms with Gasteiger partial charge < -0.3 is 4.90 Å². The van der Waals surface area contributed by atoms with Crippen molar-refractivity contribution in [2.45, 2.75) is 12.8 Å². The van der Waals surface area contributed by atoms with Crippen molar-refractivity contribution in [1.29, 1.82) is 0 Å². The van der Waals surface area contributed by atoms with Crippen molar-refractivity contribution in [1.82, 2.24) is 5.32 Å². The fourth-order valence-corrected chi connectivity index (χ4v) is 3.89. The van der Waals surface area contributed by atoms with Crippen LogP contribution in [0.15, 0.2) is 52.5 Å². The number of hydrogen-bond donors (Lipinski definition) is 1. The van der Waals surface area contributed by atoms with Crippen LogP contribution in [0.2, 0.25) is 0 Å². The first-order valence-corrected chi connectivity index (χ1v) is 9.95. The number of benzene rings is 2. The topological polar surface area (TPSA) is 69.7 Å². The average Bonchev–Trinajstić information content (AvgIpc) is 3.19. The molecule has 8 heteroatoms. The number of amides is 4. The molecule has 29 heavy (non-hydrogen) atoms. The maximum absolute atomic E-state index is 14.6. The van der Waals surface area contributed by atoms with Crippen LogP contribution < -0.4 is 15.1 Å². The number of anilines is 2. The normalized spacial score (nSPS) is 18.6. The molecule has 0 radical (unpaired) electrons. The van der Waals surface area contributed by atoms with E-state index in [1.165, 1.54) is 12.1 Å². The Bertz CT molecular complexity index is 1050. The Morgan fingerprint density at radius 2 is 1.79 bits per heavy atom. The molecule has 2 saturated heterocycles. The van der Waals surface area contributed by atoms with E-state index in [0.29, 0.717) is 21.4 Å². The molecule has 2 aliphatic rings. The van der Waals surface area contributed by atoms with Crippen molar-refractivity contribution in [2.24, 2.45) is 0 Å². The summed E-state index contributed by atoms with van der Waals surface area (Å²) in [6.07, 6.45) is 3.35. The molecule has 2 fully saturated rings. The van der Waals surface area contributed by atoms with E-state index >= 15 is 0 Å². The maximum atomic E-state index is 14.6. The van der Waals surface area contributed by atoms with E-state index in [-0.39, 0.29) is 5.57 Å². The summed E-state index contributed by atoms with van der Waals surface area (Å²) < 4.78 is 15.3. The van der Waals surface area contributed by atoms with Crippen LogP contribution in [-0.2, 0) is 9.59 Å². The lowest BCUT2D eigenvalue weighted by Gasteiger charge is -2.26. The Kier molecular flexibility index (Phi) is 5.19. The molecule has 0 spiro atoms. The fraction of sp³-hybridized carbons (Fsp3) is 0.190. The third kappa shape index (κ3) is 3.80. The summed E-state index contributed by atoms with van der Waals surface area (Å²) in [6.45, 7) is 1.61. The molecule has 1 N–H and O–H groups in total. The number of carbonyl (C=O) groups excluding carboxylic acids is 3. The van der Waals surface area contributed by atoms with Crippen LogP contribution in [0.4, 0.5) is 20.6 Å². The predicted octanol–water partition coefficient (Wildman–Crippen LogP) is 3.85. The lowest BCUT2D eigenvalue weighted by Crippen LogP contribution is -2.54. The molecule has 2 aromatic carbocycles. The Hall–Kier alpha value is -3.00. The van der Waals surface area contributed by atoms with Gasteiger partial charge in [-0.25, -0.2) is 14.1 Å². The quantitative estimate of drug-likeness (QED) is 0.561. The third-order valence-corrected chi connectivity index (χ3v) is 5.39. The lowest BCUT2D eigenvalue weighted by molar-refractivity contribution is -0.122. The summed E-state index contributed by atoms with van der Waals surface area (Å²) in [6, 6.07) is 10.4. The van der Waals surface area contributed by atoms with Gasteiger partial charge in [0.25, 0.3) is 11.8 Å². The highest BCUT2D eigenvalue weighted by Crippen LogP contribution is 2.27. The zero-order valence-electron chi connectivity index (χ0n) is 15.3. The molecule has 4 amide bonds. The molecule has 2 aromatic rings. The molecule has 2 heterocycles. The predicted molar refractivity (Wildman–Crippen MR) is 111 cm³/mol. The second-order valence-corrected chi connectivity index (χ2v) is 7.76. The summed E-state index contributed by atoms with van der Waals surface area (Å²) in [5.41, 5.74) is 0.955. The molecule has 2 aliphatic heterocycles. The third-order valence-electron chi connectivity index (χ3n) is 4.90. The van der Waals surface area contributed by atoms with Crippen LogP contribution in [0, 0.1) is 5.82 Å². The standard InChI is InChI=1S/C21H17BrFN3O3/c22-14-4-3-5-15(12-14)26-20(28)16(19(27)24-21(26)29)10-13-6-7-18(17(23)11-13)25-8-1-2-9-25/h3-7,10-12H,1-2,8-9H2,(H,24,27,29)/b16-10+. The number of urea groups is 1. The zero-order chi connectivity index (χ0) is 20.5. The number of carbonyl (C=O) groups is 3. The average molecular weight is 458 g/mol. The second-order valence-electron chi connectivity index (χ2n) is 6.84. The molecule has 0 unspecified atom stereocenters. The van der Waals surface area contributed by atoms with E-state index in [2.05, 4.69) is 21.2 Å². The van der Waals surface area contributed by atoms with Gasteiger partial charge in [-0.1, -0.05) is 28.1 Å². The van der Waals surface area contributed by atoms with Crippen molar-refractivity contribution in [3.05, 3.63) is 63.9 Å². The van der Waals surface area contributed by atoms with E-state index in [0.717, 1.165) is 30.8 Å².